The van der Waals surface area contributed by atoms with Crippen LogP contribution < -0.4 is 9.64 Å². The molecule has 1 atom stereocenters. The molecule has 1 aliphatic heterocycles. The van der Waals surface area contributed by atoms with Crippen molar-refractivity contribution in [2.75, 3.05) is 12.0 Å². The molecule has 162 valence electrons. The number of nitrogens with zero attached hydrogens (tertiary/aromatic N) is 2. The molecule has 1 N–H and O–H groups in total. The van der Waals surface area contributed by atoms with Crippen molar-refractivity contribution in [2.45, 2.75) is 26.3 Å². The average molecular weight is 428 g/mol. The van der Waals surface area contributed by atoms with Gasteiger partial charge in [-0.1, -0.05) is 36.8 Å². The van der Waals surface area contributed by atoms with Gasteiger partial charge in [-0.05, 0) is 54.8 Å². The molecule has 1 saturated heterocycles. The van der Waals surface area contributed by atoms with Crippen molar-refractivity contribution >= 4 is 23.1 Å². The number of Topliss-reactive ketones (excluding diaryl/α,β-unsaturated/α-hetero) is 1. The maximum absolute atomic E-state index is 13.2. The zero-order chi connectivity index (χ0) is 22.8. The molecule has 1 aliphatic rings. The Morgan fingerprint density at radius 3 is 2.50 bits per heavy atom. The highest BCUT2D eigenvalue weighted by Crippen LogP contribution is 2.43. The molecule has 4 rings (SSSR count). The third-order valence-electron chi connectivity index (χ3n) is 5.68. The first-order chi connectivity index (χ1) is 15.5. The standard InChI is InChI=1S/C26H24N2O4/c1-4-17-8-10-19(11-9-17)28-23(18-6-5-13-27-15-18)22(25(30)26(28)31)24(29)20-14-16(2)7-12-21(20)32-3/h5-15,23,29H,4H2,1-3H3/b24-22+. The molecule has 3 aromatic rings. The normalized spacial score (nSPS) is 17.6. The monoisotopic (exact) mass is 428 g/mol. The largest absolute Gasteiger partial charge is 0.507 e. The lowest BCUT2D eigenvalue weighted by molar-refractivity contribution is -0.132. The van der Waals surface area contributed by atoms with Crippen molar-refractivity contribution in [1.29, 1.82) is 0 Å². The van der Waals surface area contributed by atoms with E-state index >= 15 is 0 Å². The number of hydrogen-bond donors (Lipinski definition) is 1. The minimum atomic E-state index is -0.818. The quantitative estimate of drug-likeness (QED) is 0.365. The van der Waals surface area contributed by atoms with Crippen LogP contribution in [0.15, 0.2) is 72.6 Å². The predicted molar refractivity (Wildman–Crippen MR) is 123 cm³/mol. The number of aliphatic hydroxyl groups is 1. The van der Waals surface area contributed by atoms with Crippen LogP contribution in [0.3, 0.4) is 0 Å². The van der Waals surface area contributed by atoms with Crippen LogP contribution in [0.25, 0.3) is 5.76 Å². The van der Waals surface area contributed by atoms with Gasteiger partial charge in [0.1, 0.15) is 11.5 Å². The maximum atomic E-state index is 13.2. The van der Waals surface area contributed by atoms with E-state index in [1.807, 2.05) is 44.2 Å². The Kier molecular flexibility index (Phi) is 5.77. The Balaban J connectivity index is 1.95. The van der Waals surface area contributed by atoms with E-state index < -0.39 is 17.7 Å². The molecule has 32 heavy (non-hydrogen) atoms. The molecule has 0 aliphatic carbocycles. The van der Waals surface area contributed by atoms with Crippen molar-refractivity contribution in [2.24, 2.45) is 0 Å². The van der Waals surface area contributed by atoms with E-state index in [9.17, 15) is 14.7 Å². The summed E-state index contributed by atoms with van der Waals surface area (Å²) in [7, 11) is 1.49. The Labute approximate surface area is 186 Å². The van der Waals surface area contributed by atoms with Gasteiger partial charge < -0.3 is 9.84 Å². The number of carbonyl (C=O) groups is 2. The number of aromatic nitrogens is 1. The van der Waals surface area contributed by atoms with E-state index in [1.54, 1.807) is 36.7 Å². The van der Waals surface area contributed by atoms with E-state index in [2.05, 4.69) is 4.98 Å². The van der Waals surface area contributed by atoms with Crippen LogP contribution in [0, 0.1) is 6.92 Å². The summed E-state index contributed by atoms with van der Waals surface area (Å²) in [4.78, 5) is 32.0. The minimum absolute atomic E-state index is 0.00599. The van der Waals surface area contributed by atoms with Crippen LogP contribution in [0.1, 0.15) is 35.2 Å². The van der Waals surface area contributed by atoms with Gasteiger partial charge in [-0.2, -0.15) is 0 Å². The zero-order valence-electron chi connectivity index (χ0n) is 18.2. The summed E-state index contributed by atoms with van der Waals surface area (Å²) in [5.41, 5.74) is 3.57. The zero-order valence-corrected chi connectivity index (χ0v) is 18.2. The van der Waals surface area contributed by atoms with Crippen molar-refractivity contribution in [3.05, 3.63) is 94.8 Å². The molecular formula is C26H24N2O4. The number of aliphatic hydroxyl groups excluding tert-OH is 1. The number of pyridine rings is 1. The summed E-state index contributed by atoms with van der Waals surface area (Å²) in [6.45, 7) is 3.93. The Bertz CT molecular complexity index is 1200. The second kappa shape index (κ2) is 8.67. The lowest BCUT2D eigenvalue weighted by Crippen LogP contribution is -2.29. The summed E-state index contributed by atoms with van der Waals surface area (Å²) in [6.07, 6.45) is 4.08. The molecule has 1 fully saturated rings. The van der Waals surface area contributed by atoms with E-state index in [4.69, 9.17) is 4.74 Å². The summed E-state index contributed by atoms with van der Waals surface area (Å²) in [5.74, 6) is -1.31. The fourth-order valence-corrected chi connectivity index (χ4v) is 4.00. The number of ether oxygens (including phenoxy) is 1. The lowest BCUT2D eigenvalue weighted by Gasteiger charge is -2.25. The number of aryl methyl sites for hydroxylation is 2. The van der Waals surface area contributed by atoms with Gasteiger partial charge in [0, 0.05) is 18.1 Å². The van der Waals surface area contributed by atoms with Gasteiger partial charge >= 0.3 is 0 Å². The topological polar surface area (TPSA) is 79.7 Å². The smallest absolute Gasteiger partial charge is 0.300 e. The fraction of sp³-hybridized carbons (Fsp3) is 0.192. The van der Waals surface area contributed by atoms with E-state index in [0.717, 1.165) is 17.5 Å². The maximum Gasteiger partial charge on any atom is 0.300 e. The highest BCUT2D eigenvalue weighted by atomic mass is 16.5. The van der Waals surface area contributed by atoms with E-state index in [0.29, 0.717) is 22.6 Å². The third-order valence-corrected chi connectivity index (χ3v) is 5.68. The second-order valence-electron chi connectivity index (χ2n) is 7.68. The van der Waals surface area contributed by atoms with Crippen LogP contribution in [0.4, 0.5) is 5.69 Å². The summed E-state index contributed by atoms with van der Waals surface area (Å²) in [5, 5.41) is 11.3. The van der Waals surface area contributed by atoms with Gasteiger partial charge in [0.2, 0.25) is 0 Å². The second-order valence-corrected chi connectivity index (χ2v) is 7.68. The molecule has 1 aromatic heterocycles. The molecule has 2 aromatic carbocycles. The van der Waals surface area contributed by atoms with Crippen molar-refractivity contribution < 1.29 is 19.4 Å². The van der Waals surface area contributed by atoms with Crippen LogP contribution in [-0.2, 0) is 16.0 Å². The first-order valence-corrected chi connectivity index (χ1v) is 10.4. The van der Waals surface area contributed by atoms with E-state index in [1.165, 1.54) is 12.0 Å². The number of benzene rings is 2. The third kappa shape index (κ3) is 3.64. The van der Waals surface area contributed by atoms with Crippen molar-refractivity contribution in [3.8, 4) is 5.75 Å². The van der Waals surface area contributed by atoms with Crippen LogP contribution >= 0.6 is 0 Å². The number of anilines is 1. The molecule has 6 heteroatoms. The Morgan fingerprint density at radius 1 is 1.12 bits per heavy atom. The number of methoxy groups -OCH3 is 1. The molecule has 0 radical (unpaired) electrons. The summed E-state index contributed by atoms with van der Waals surface area (Å²) in [6, 6.07) is 15.5. The number of ketones is 1. The van der Waals surface area contributed by atoms with E-state index in [-0.39, 0.29) is 11.3 Å². The molecule has 0 saturated carbocycles. The summed E-state index contributed by atoms with van der Waals surface area (Å²) >= 11 is 0. The van der Waals surface area contributed by atoms with Crippen molar-refractivity contribution in [1.82, 2.24) is 4.98 Å². The number of hydrogen-bond acceptors (Lipinski definition) is 5. The first kappa shape index (κ1) is 21.3. The first-order valence-electron chi connectivity index (χ1n) is 10.4. The van der Waals surface area contributed by atoms with Gasteiger partial charge in [-0.25, -0.2) is 0 Å². The lowest BCUT2D eigenvalue weighted by atomic mass is 9.95. The Hall–Kier alpha value is -3.93. The number of amides is 1. The molecular weight excluding hydrogens is 404 g/mol. The average Bonchev–Trinajstić information content (AvgIpc) is 3.09. The van der Waals surface area contributed by atoms with Gasteiger partial charge in [-0.3, -0.25) is 19.5 Å². The molecule has 1 unspecified atom stereocenters. The van der Waals surface area contributed by atoms with Crippen LogP contribution in [-0.4, -0.2) is 28.9 Å². The highest BCUT2D eigenvalue weighted by Gasteiger charge is 2.47. The van der Waals surface area contributed by atoms with Gasteiger partial charge in [0.05, 0.1) is 24.3 Å². The summed E-state index contributed by atoms with van der Waals surface area (Å²) < 4.78 is 5.40. The van der Waals surface area contributed by atoms with Gasteiger partial charge in [-0.15, -0.1) is 0 Å². The van der Waals surface area contributed by atoms with Crippen molar-refractivity contribution in [3.63, 3.8) is 0 Å². The molecule has 6 nitrogen and oxygen atoms in total. The molecule has 1 amide bonds. The SMILES string of the molecule is CCc1ccc(N2C(=O)C(=O)/C(=C(/O)c3cc(C)ccc3OC)C2c2cccnc2)cc1. The van der Waals surface area contributed by atoms with Gasteiger partial charge in [0.25, 0.3) is 11.7 Å². The van der Waals surface area contributed by atoms with Crippen LogP contribution in [0.2, 0.25) is 0 Å². The highest BCUT2D eigenvalue weighted by molar-refractivity contribution is 6.51. The fourth-order valence-electron chi connectivity index (χ4n) is 4.00. The molecule has 0 bridgehead atoms. The molecule has 0 spiro atoms. The number of carbonyl (C=O) groups excluding carboxylic acids is 2. The van der Waals surface area contributed by atoms with Crippen LogP contribution in [0.5, 0.6) is 5.75 Å². The molecule has 2 heterocycles. The number of rotatable bonds is 5. The van der Waals surface area contributed by atoms with Gasteiger partial charge in [0.15, 0.2) is 0 Å². The Morgan fingerprint density at radius 2 is 1.88 bits per heavy atom. The predicted octanol–water partition coefficient (Wildman–Crippen LogP) is 4.59. The minimum Gasteiger partial charge on any atom is -0.507 e.